The maximum absolute atomic E-state index is 10.9. The normalized spacial score (nSPS) is 23.7. The quantitative estimate of drug-likeness (QED) is 0.681. The monoisotopic (exact) mass is 284 g/mol. The molecule has 2 unspecified atom stereocenters. The standard InChI is InChI=1S/C13H17ClN2O3/c1-9-4-5-15(13(9)8-17)7-10-2-3-11(14)12(6-10)16(18)19/h2-3,6,9,13,17H,4-5,7-8H2,1H3. The van der Waals surface area contributed by atoms with Crippen LogP contribution >= 0.6 is 11.6 Å². The SMILES string of the molecule is CC1CCN(Cc2ccc(Cl)c([N+](=O)[O-])c2)C1CO. The predicted octanol–water partition coefficient (Wildman–Crippen LogP) is 2.45. The first-order valence-corrected chi connectivity index (χ1v) is 6.68. The van der Waals surface area contributed by atoms with Crippen molar-refractivity contribution in [1.82, 2.24) is 4.90 Å². The Morgan fingerprint density at radius 2 is 2.32 bits per heavy atom. The van der Waals surface area contributed by atoms with Crippen molar-refractivity contribution < 1.29 is 10.0 Å². The second-order valence-corrected chi connectivity index (χ2v) is 5.44. The Balaban J connectivity index is 2.15. The number of benzene rings is 1. The van der Waals surface area contributed by atoms with Gasteiger partial charge in [-0.3, -0.25) is 15.0 Å². The Morgan fingerprint density at radius 3 is 2.95 bits per heavy atom. The highest BCUT2D eigenvalue weighted by molar-refractivity contribution is 6.32. The molecule has 6 heteroatoms. The molecule has 0 bridgehead atoms. The van der Waals surface area contributed by atoms with Crippen LogP contribution in [0.25, 0.3) is 0 Å². The third-order valence-corrected chi connectivity index (χ3v) is 4.10. The van der Waals surface area contributed by atoms with E-state index in [2.05, 4.69) is 11.8 Å². The first-order valence-electron chi connectivity index (χ1n) is 6.30. The third kappa shape index (κ3) is 3.05. The van der Waals surface area contributed by atoms with Gasteiger partial charge in [0.1, 0.15) is 5.02 Å². The molecule has 1 fully saturated rings. The molecule has 5 nitrogen and oxygen atoms in total. The van der Waals surface area contributed by atoms with Gasteiger partial charge < -0.3 is 5.11 Å². The van der Waals surface area contributed by atoms with E-state index in [0.717, 1.165) is 18.5 Å². The highest BCUT2D eigenvalue weighted by Gasteiger charge is 2.30. The Morgan fingerprint density at radius 1 is 1.58 bits per heavy atom. The van der Waals surface area contributed by atoms with Gasteiger partial charge in [-0.15, -0.1) is 0 Å². The lowest BCUT2D eigenvalue weighted by molar-refractivity contribution is -0.384. The molecule has 1 aromatic carbocycles. The van der Waals surface area contributed by atoms with Crippen molar-refractivity contribution in [2.24, 2.45) is 5.92 Å². The summed E-state index contributed by atoms with van der Waals surface area (Å²) in [6.07, 6.45) is 1.04. The molecule has 19 heavy (non-hydrogen) atoms. The number of hydrogen-bond donors (Lipinski definition) is 1. The van der Waals surface area contributed by atoms with Crippen molar-refractivity contribution >= 4 is 17.3 Å². The van der Waals surface area contributed by atoms with Crippen LogP contribution < -0.4 is 0 Å². The van der Waals surface area contributed by atoms with Crippen LogP contribution in [0.5, 0.6) is 0 Å². The molecule has 2 rings (SSSR count). The number of nitro groups is 1. The van der Waals surface area contributed by atoms with Crippen molar-refractivity contribution in [3.05, 3.63) is 38.9 Å². The number of likely N-dealkylation sites (tertiary alicyclic amines) is 1. The van der Waals surface area contributed by atoms with Crippen molar-refractivity contribution in [3.63, 3.8) is 0 Å². The number of rotatable bonds is 4. The molecule has 0 aliphatic carbocycles. The Labute approximate surface area is 116 Å². The molecule has 1 aliphatic heterocycles. The molecule has 1 N–H and O–H groups in total. The van der Waals surface area contributed by atoms with Crippen LogP contribution in [0.4, 0.5) is 5.69 Å². The smallest absolute Gasteiger partial charge is 0.288 e. The number of nitro benzene ring substituents is 1. The van der Waals surface area contributed by atoms with Gasteiger partial charge in [0.15, 0.2) is 0 Å². The zero-order valence-corrected chi connectivity index (χ0v) is 11.5. The molecule has 104 valence electrons. The molecule has 0 radical (unpaired) electrons. The van der Waals surface area contributed by atoms with E-state index < -0.39 is 4.92 Å². The van der Waals surface area contributed by atoms with E-state index in [4.69, 9.17) is 11.6 Å². The van der Waals surface area contributed by atoms with E-state index >= 15 is 0 Å². The molecule has 1 aliphatic rings. The number of nitrogens with zero attached hydrogens (tertiary/aromatic N) is 2. The zero-order chi connectivity index (χ0) is 14.0. The molecule has 1 heterocycles. The van der Waals surface area contributed by atoms with Gasteiger partial charge in [-0.2, -0.15) is 0 Å². The van der Waals surface area contributed by atoms with Crippen molar-refractivity contribution in [1.29, 1.82) is 0 Å². The second-order valence-electron chi connectivity index (χ2n) is 5.03. The number of halogens is 1. The van der Waals surface area contributed by atoms with Gasteiger partial charge >= 0.3 is 0 Å². The van der Waals surface area contributed by atoms with Crippen LogP contribution in [0.3, 0.4) is 0 Å². The lowest BCUT2D eigenvalue weighted by Crippen LogP contribution is -2.34. The fourth-order valence-corrected chi connectivity index (χ4v) is 2.80. The van der Waals surface area contributed by atoms with E-state index in [1.165, 1.54) is 6.07 Å². The van der Waals surface area contributed by atoms with Gasteiger partial charge in [-0.1, -0.05) is 24.6 Å². The van der Waals surface area contributed by atoms with Crippen LogP contribution in [0.2, 0.25) is 5.02 Å². The summed E-state index contributed by atoms with van der Waals surface area (Å²) < 4.78 is 0. The molecule has 0 amide bonds. The van der Waals surface area contributed by atoms with Gasteiger partial charge in [0.2, 0.25) is 0 Å². The van der Waals surface area contributed by atoms with Crippen LogP contribution in [-0.2, 0) is 6.54 Å². The van der Waals surface area contributed by atoms with Crippen LogP contribution in [0, 0.1) is 16.0 Å². The maximum Gasteiger partial charge on any atom is 0.288 e. The Kier molecular flexibility index (Phi) is 4.39. The predicted molar refractivity (Wildman–Crippen MR) is 73.2 cm³/mol. The average Bonchev–Trinajstić information content (AvgIpc) is 2.72. The number of aliphatic hydroxyl groups excluding tert-OH is 1. The fourth-order valence-electron chi connectivity index (χ4n) is 2.61. The summed E-state index contributed by atoms with van der Waals surface area (Å²) in [6, 6.07) is 5.00. The summed E-state index contributed by atoms with van der Waals surface area (Å²) in [7, 11) is 0. The Bertz CT molecular complexity index is 481. The van der Waals surface area contributed by atoms with E-state index in [-0.39, 0.29) is 23.4 Å². The van der Waals surface area contributed by atoms with Gasteiger partial charge in [-0.05, 0) is 30.5 Å². The summed E-state index contributed by atoms with van der Waals surface area (Å²) >= 11 is 5.79. The number of aliphatic hydroxyl groups is 1. The molecule has 0 spiro atoms. The topological polar surface area (TPSA) is 66.6 Å². The van der Waals surface area contributed by atoms with Gasteiger partial charge in [0.25, 0.3) is 5.69 Å². The highest BCUT2D eigenvalue weighted by Crippen LogP contribution is 2.29. The first-order chi connectivity index (χ1) is 9.02. The fraction of sp³-hybridized carbons (Fsp3) is 0.538. The molecular weight excluding hydrogens is 268 g/mol. The summed E-state index contributed by atoms with van der Waals surface area (Å²) in [6.45, 7) is 3.75. The summed E-state index contributed by atoms with van der Waals surface area (Å²) in [5, 5.41) is 20.4. The van der Waals surface area contributed by atoms with Crippen LogP contribution in [-0.4, -0.2) is 34.1 Å². The molecule has 1 saturated heterocycles. The van der Waals surface area contributed by atoms with E-state index in [1.807, 2.05) is 0 Å². The van der Waals surface area contributed by atoms with Crippen LogP contribution in [0.15, 0.2) is 18.2 Å². The lowest BCUT2D eigenvalue weighted by Gasteiger charge is -2.24. The zero-order valence-electron chi connectivity index (χ0n) is 10.8. The van der Waals surface area contributed by atoms with Crippen molar-refractivity contribution in [3.8, 4) is 0 Å². The second kappa shape index (κ2) is 5.86. The molecule has 0 saturated carbocycles. The Hall–Kier alpha value is -1.17. The van der Waals surface area contributed by atoms with E-state index in [1.54, 1.807) is 12.1 Å². The molecule has 2 atom stereocenters. The van der Waals surface area contributed by atoms with Gasteiger partial charge in [0.05, 0.1) is 11.5 Å². The minimum absolute atomic E-state index is 0.0630. The first kappa shape index (κ1) is 14.2. The molecule has 0 aromatic heterocycles. The highest BCUT2D eigenvalue weighted by atomic mass is 35.5. The minimum atomic E-state index is -0.470. The summed E-state index contributed by atoms with van der Waals surface area (Å²) in [5.74, 6) is 0.451. The minimum Gasteiger partial charge on any atom is -0.395 e. The van der Waals surface area contributed by atoms with Gasteiger partial charge in [-0.25, -0.2) is 0 Å². The van der Waals surface area contributed by atoms with Crippen molar-refractivity contribution in [2.75, 3.05) is 13.2 Å². The lowest BCUT2D eigenvalue weighted by atomic mass is 10.0. The van der Waals surface area contributed by atoms with Crippen LogP contribution in [0.1, 0.15) is 18.9 Å². The van der Waals surface area contributed by atoms with E-state index in [9.17, 15) is 15.2 Å². The van der Waals surface area contributed by atoms with Gasteiger partial charge in [0, 0.05) is 18.7 Å². The van der Waals surface area contributed by atoms with Crippen molar-refractivity contribution in [2.45, 2.75) is 25.9 Å². The van der Waals surface area contributed by atoms with E-state index in [0.29, 0.717) is 12.5 Å². The third-order valence-electron chi connectivity index (χ3n) is 3.78. The molecular formula is C13H17ClN2O3. The maximum atomic E-state index is 10.9. The largest absolute Gasteiger partial charge is 0.395 e. The molecule has 1 aromatic rings. The summed E-state index contributed by atoms with van der Waals surface area (Å²) in [5.41, 5.74) is 0.788. The number of hydrogen-bond acceptors (Lipinski definition) is 4. The average molecular weight is 285 g/mol. The summed E-state index contributed by atoms with van der Waals surface area (Å²) in [4.78, 5) is 12.5.